The van der Waals surface area contributed by atoms with Crippen LogP contribution in [0.5, 0.6) is 0 Å². The van der Waals surface area contributed by atoms with E-state index in [9.17, 15) is 4.79 Å². The number of aromatic nitrogens is 1. The van der Waals surface area contributed by atoms with Gasteiger partial charge in [0.1, 0.15) is 5.76 Å². The van der Waals surface area contributed by atoms with Gasteiger partial charge in [-0.25, -0.2) is 0 Å². The summed E-state index contributed by atoms with van der Waals surface area (Å²) in [6.45, 7) is 10.3. The highest BCUT2D eigenvalue weighted by Gasteiger charge is 2.43. The number of carbonyl (C=O) groups is 1. The third-order valence-electron chi connectivity index (χ3n) is 6.64. The average Bonchev–Trinajstić information content (AvgIpc) is 3.21. The van der Waals surface area contributed by atoms with E-state index in [0.29, 0.717) is 5.91 Å². The van der Waals surface area contributed by atoms with Crippen molar-refractivity contribution in [2.75, 3.05) is 26.2 Å². The van der Waals surface area contributed by atoms with Crippen LogP contribution in [0.4, 0.5) is 0 Å². The highest BCUT2D eigenvalue weighted by atomic mass is 16.5. The fourth-order valence-corrected chi connectivity index (χ4v) is 4.83. The first kappa shape index (κ1) is 18.0. The predicted molar refractivity (Wildman–Crippen MR) is 97.6 cm³/mol. The van der Waals surface area contributed by atoms with Crippen LogP contribution in [0, 0.1) is 25.7 Å². The zero-order valence-electron chi connectivity index (χ0n) is 16.2. The van der Waals surface area contributed by atoms with Crippen molar-refractivity contribution in [2.45, 2.75) is 65.1 Å². The first-order valence-corrected chi connectivity index (χ1v) is 10.1. The lowest BCUT2D eigenvalue weighted by Gasteiger charge is -2.36. The molecule has 6 heteroatoms. The van der Waals surface area contributed by atoms with Crippen molar-refractivity contribution in [1.29, 1.82) is 0 Å². The molecular weight excluding hydrogens is 330 g/mol. The number of fused-ring (bicyclic) bond motifs is 1. The number of aryl methyl sites for hydroxylation is 2. The van der Waals surface area contributed by atoms with Gasteiger partial charge < -0.3 is 14.2 Å². The standard InChI is InChI=1S/C20H31N3O3/c1-13-4-6-16(7-5-13)20(24)23-11-18-19(12-23)25-9-8-22(18)10-17-14(2)21-26-15(17)3/h13,16,18-19H,4-12H2,1-3H3. The summed E-state index contributed by atoms with van der Waals surface area (Å²) in [5.74, 6) is 2.25. The molecule has 0 spiro atoms. The molecule has 1 aromatic rings. The Kier molecular flexibility index (Phi) is 5.06. The molecule has 1 amide bonds. The summed E-state index contributed by atoms with van der Waals surface area (Å²) < 4.78 is 11.3. The summed E-state index contributed by atoms with van der Waals surface area (Å²) in [6, 6.07) is 0.281. The van der Waals surface area contributed by atoms with Crippen LogP contribution in [0.3, 0.4) is 0 Å². The molecule has 2 unspecified atom stereocenters. The van der Waals surface area contributed by atoms with Crippen LogP contribution < -0.4 is 0 Å². The Morgan fingerprint density at radius 3 is 2.65 bits per heavy atom. The zero-order valence-corrected chi connectivity index (χ0v) is 16.2. The van der Waals surface area contributed by atoms with Crippen molar-refractivity contribution >= 4 is 5.91 Å². The lowest BCUT2D eigenvalue weighted by molar-refractivity contribution is -0.136. The van der Waals surface area contributed by atoms with Gasteiger partial charge in [-0.3, -0.25) is 9.69 Å². The van der Waals surface area contributed by atoms with Gasteiger partial charge in [0.05, 0.1) is 24.4 Å². The first-order valence-electron chi connectivity index (χ1n) is 10.1. The maximum Gasteiger partial charge on any atom is 0.225 e. The fraction of sp³-hybridized carbons (Fsp3) is 0.800. The molecule has 1 aromatic heterocycles. The fourth-order valence-electron chi connectivity index (χ4n) is 4.83. The minimum absolute atomic E-state index is 0.135. The molecule has 1 aliphatic carbocycles. The van der Waals surface area contributed by atoms with Crippen LogP contribution in [0.15, 0.2) is 4.52 Å². The molecule has 26 heavy (non-hydrogen) atoms. The summed E-state index contributed by atoms with van der Waals surface area (Å²) in [5.41, 5.74) is 2.14. The Morgan fingerprint density at radius 1 is 1.19 bits per heavy atom. The molecule has 3 heterocycles. The van der Waals surface area contributed by atoms with Crippen LogP contribution >= 0.6 is 0 Å². The molecule has 2 atom stereocenters. The summed E-state index contributed by atoms with van der Waals surface area (Å²) in [4.78, 5) is 17.5. The molecule has 3 aliphatic rings. The van der Waals surface area contributed by atoms with E-state index in [0.717, 1.165) is 63.0 Å². The Morgan fingerprint density at radius 2 is 1.96 bits per heavy atom. The summed E-state index contributed by atoms with van der Waals surface area (Å²) in [6.07, 6.45) is 4.61. The monoisotopic (exact) mass is 361 g/mol. The topological polar surface area (TPSA) is 58.8 Å². The quantitative estimate of drug-likeness (QED) is 0.828. The number of nitrogens with zero attached hydrogens (tertiary/aromatic N) is 3. The maximum absolute atomic E-state index is 13.0. The van der Waals surface area contributed by atoms with Gasteiger partial charge in [0.2, 0.25) is 5.91 Å². The van der Waals surface area contributed by atoms with Crippen molar-refractivity contribution in [3.8, 4) is 0 Å². The van der Waals surface area contributed by atoms with Gasteiger partial charge in [0.15, 0.2) is 0 Å². The van der Waals surface area contributed by atoms with Gasteiger partial charge in [0, 0.05) is 37.7 Å². The first-order chi connectivity index (χ1) is 12.5. The Balaban J connectivity index is 1.42. The highest BCUT2D eigenvalue weighted by Crippen LogP contribution is 2.32. The van der Waals surface area contributed by atoms with E-state index in [-0.39, 0.29) is 18.1 Å². The van der Waals surface area contributed by atoms with E-state index >= 15 is 0 Å². The van der Waals surface area contributed by atoms with E-state index in [2.05, 4.69) is 21.9 Å². The Hall–Kier alpha value is -1.40. The van der Waals surface area contributed by atoms with Crippen LogP contribution in [0.2, 0.25) is 0 Å². The molecule has 1 saturated carbocycles. The third-order valence-corrected chi connectivity index (χ3v) is 6.64. The molecule has 0 N–H and O–H groups in total. The van der Waals surface area contributed by atoms with Crippen LogP contribution in [0.1, 0.15) is 49.6 Å². The van der Waals surface area contributed by atoms with Gasteiger partial charge in [-0.05, 0) is 45.4 Å². The highest BCUT2D eigenvalue weighted by molar-refractivity contribution is 5.79. The number of amides is 1. The van der Waals surface area contributed by atoms with Crippen LogP contribution in [-0.4, -0.2) is 59.3 Å². The number of hydrogen-bond acceptors (Lipinski definition) is 5. The molecule has 0 bridgehead atoms. The van der Waals surface area contributed by atoms with Crippen molar-refractivity contribution in [1.82, 2.24) is 15.0 Å². The molecule has 2 aliphatic heterocycles. The SMILES string of the molecule is Cc1noc(C)c1CN1CCOC2CN(C(=O)C3CCC(C)CC3)CC21. The van der Waals surface area contributed by atoms with Crippen molar-refractivity contribution in [2.24, 2.45) is 11.8 Å². The molecule has 0 aromatic carbocycles. The molecule has 2 saturated heterocycles. The van der Waals surface area contributed by atoms with Gasteiger partial charge in [-0.2, -0.15) is 0 Å². The second-order valence-electron chi connectivity index (χ2n) is 8.45. The minimum atomic E-state index is 0.135. The van der Waals surface area contributed by atoms with Crippen LogP contribution in [-0.2, 0) is 16.1 Å². The summed E-state index contributed by atoms with van der Waals surface area (Å²) in [5, 5.41) is 4.08. The molecule has 3 fully saturated rings. The van der Waals surface area contributed by atoms with E-state index in [1.54, 1.807) is 0 Å². The number of carbonyl (C=O) groups excluding carboxylic acids is 1. The van der Waals surface area contributed by atoms with E-state index in [1.807, 2.05) is 13.8 Å². The molecular formula is C20H31N3O3. The second-order valence-corrected chi connectivity index (χ2v) is 8.45. The molecule has 4 rings (SSSR count). The molecule has 144 valence electrons. The number of likely N-dealkylation sites (tertiary alicyclic amines) is 1. The van der Waals surface area contributed by atoms with Crippen LogP contribution in [0.25, 0.3) is 0 Å². The summed E-state index contributed by atoms with van der Waals surface area (Å²) >= 11 is 0. The van der Waals surface area contributed by atoms with Crippen molar-refractivity contribution in [3.63, 3.8) is 0 Å². The number of ether oxygens (including phenoxy) is 1. The van der Waals surface area contributed by atoms with Crippen molar-refractivity contribution in [3.05, 3.63) is 17.0 Å². The lowest BCUT2D eigenvalue weighted by Crippen LogP contribution is -2.50. The lowest BCUT2D eigenvalue weighted by atomic mass is 9.82. The largest absolute Gasteiger partial charge is 0.373 e. The number of hydrogen-bond donors (Lipinski definition) is 0. The minimum Gasteiger partial charge on any atom is -0.373 e. The third kappa shape index (κ3) is 3.41. The predicted octanol–water partition coefficient (Wildman–Crippen LogP) is 2.53. The summed E-state index contributed by atoms with van der Waals surface area (Å²) in [7, 11) is 0. The molecule has 0 radical (unpaired) electrons. The van der Waals surface area contributed by atoms with Crippen molar-refractivity contribution < 1.29 is 14.1 Å². The van der Waals surface area contributed by atoms with Gasteiger partial charge >= 0.3 is 0 Å². The van der Waals surface area contributed by atoms with Gasteiger partial charge in [-0.15, -0.1) is 0 Å². The van der Waals surface area contributed by atoms with Gasteiger partial charge in [0.25, 0.3) is 0 Å². The zero-order chi connectivity index (χ0) is 18.3. The number of morpholine rings is 1. The van der Waals surface area contributed by atoms with E-state index < -0.39 is 0 Å². The Bertz CT molecular complexity index is 631. The number of rotatable bonds is 3. The normalized spacial score (nSPS) is 32.7. The Labute approximate surface area is 155 Å². The average molecular weight is 361 g/mol. The second kappa shape index (κ2) is 7.31. The maximum atomic E-state index is 13.0. The van der Waals surface area contributed by atoms with Gasteiger partial charge in [-0.1, -0.05) is 12.1 Å². The smallest absolute Gasteiger partial charge is 0.225 e. The molecule has 6 nitrogen and oxygen atoms in total. The van der Waals surface area contributed by atoms with E-state index in [4.69, 9.17) is 9.26 Å². The van der Waals surface area contributed by atoms with E-state index in [1.165, 1.54) is 18.4 Å².